The molecule has 3 aromatic carbocycles. The summed E-state index contributed by atoms with van der Waals surface area (Å²) < 4.78 is 6.08. The average molecular weight is 343 g/mol. The number of hydrogen-bond donors (Lipinski definition) is 0. The number of Topliss-reactive ketones (excluding diaryl/α,β-unsaturated/α-hetero) is 1. The molecule has 2 heterocycles. The van der Waals surface area contributed by atoms with Gasteiger partial charge < -0.3 is 4.74 Å². The minimum atomic E-state index is 0.00866. The van der Waals surface area contributed by atoms with E-state index in [1.807, 2.05) is 30.3 Å². The molecule has 0 amide bonds. The van der Waals surface area contributed by atoms with Crippen LogP contribution in [-0.4, -0.2) is 29.9 Å². The van der Waals surface area contributed by atoms with E-state index in [9.17, 15) is 4.79 Å². The van der Waals surface area contributed by atoms with Gasteiger partial charge in [-0.1, -0.05) is 60.7 Å². The quantitative estimate of drug-likeness (QED) is 0.662. The maximum atomic E-state index is 12.9. The Morgan fingerprint density at radius 3 is 2.73 bits per heavy atom. The number of benzene rings is 3. The second kappa shape index (κ2) is 6.35. The van der Waals surface area contributed by atoms with Crippen LogP contribution in [0.1, 0.15) is 34.1 Å². The molecule has 0 N–H and O–H groups in total. The first-order valence-corrected chi connectivity index (χ1v) is 9.27. The van der Waals surface area contributed by atoms with Gasteiger partial charge in [-0.3, -0.25) is 9.69 Å². The Bertz CT molecular complexity index is 981. The van der Waals surface area contributed by atoms with Gasteiger partial charge in [0.15, 0.2) is 5.78 Å². The van der Waals surface area contributed by atoms with Crippen molar-refractivity contribution in [3.05, 3.63) is 83.4 Å². The SMILES string of the molecule is O=C(CC1COC2c3ccccc3CCN12)c1ccc2ccccc2c1. The second-order valence-electron chi connectivity index (χ2n) is 7.22. The Balaban J connectivity index is 1.36. The summed E-state index contributed by atoms with van der Waals surface area (Å²) in [5, 5.41) is 2.28. The fraction of sp³-hybridized carbons (Fsp3) is 0.261. The highest BCUT2D eigenvalue weighted by Crippen LogP contribution is 2.37. The molecule has 0 aliphatic carbocycles. The minimum absolute atomic E-state index is 0.00866. The van der Waals surface area contributed by atoms with Crippen molar-refractivity contribution in [2.75, 3.05) is 13.2 Å². The fourth-order valence-corrected chi connectivity index (χ4v) is 4.28. The standard InChI is InChI=1S/C23H21NO2/c25-22(19-10-9-16-5-1-2-7-18(16)13-19)14-20-15-26-23-21-8-4-3-6-17(21)11-12-24(20)23/h1-10,13,20,23H,11-12,14-15H2. The highest BCUT2D eigenvalue weighted by atomic mass is 16.5. The van der Waals surface area contributed by atoms with E-state index in [1.54, 1.807) is 0 Å². The van der Waals surface area contributed by atoms with Crippen molar-refractivity contribution < 1.29 is 9.53 Å². The molecular weight excluding hydrogens is 322 g/mol. The highest BCUT2D eigenvalue weighted by Gasteiger charge is 2.39. The third-order valence-corrected chi connectivity index (χ3v) is 5.67. The molecule has 0 bridgehead atoms. The van der Waals surface area contributed by atoms with Crippen molar-refractivity contribution >= 4 is 16.6 Å². The Hall–Kier alpha value is -2.49. The number of ether oxygens (including phenoxy) is 1. The molecule has 2 aliphatic heterocycles. The summed E-state index contributed by atoms with van der Waals surface area (Å²) in [4.78, 5) is 15.2. The van der Waals surface area contributed by atoms with Crippen LogP contribution >= 0.6 is 0 Å². The maximum absolute atomic E-state index is 12.9. The van der Waals surface area contributed by atoms with Crippen molar-refractivity contribution in [1.29, 1.82) is 0 Å². The van der Waals surface area contributed by atoms with Gasteiger partial charge in [0.2, 0.25) is 0 Å². The molecule has 0 spiro atoms. The molecule has 130 valence electrons. The van der Waals surface area contributed by atoms with E-state index in [0.29, 0.717) is 13.0 Å². The number of carbonyl (C=O) groups excluding carboxylic acids is 1. The maximum Gasteiger partial charge on any atom is 0.164 e. The summed E-state index contributed by atoms with van der Waals surface area (Å²) in [6.45, 7) is 1.58. The lowest BCUT2D eigenvalue weighted by atomic mass is 9.96. The number of carbonyl (C=O) groups is 1. The predicted octanol–water partition coefficient (Wildman–Crippen LogP) is 4.37. The molecule has 5 rings (SSSR count). The highest BCUT2D eigenvalue weighted by molar-refractivity contribution is 6.00. The van der Waals surface area contributed by atoms with Gasteiger partial charge in [-0.05, 0) is 34.4 Å². The smallest absolute Gasteiger partial charge is 0.164 e. The van der Waals surface area contributed by atoms with Gasteiger partial charge in [0, 0.05) is 24.6 Å². The van der Waals surface area contributed by atoms with Crippen LogP contribution in [0.25, 0.3) is 10.8 Å². The number of nitrogens with zero attached hydrogens (tertiary/aromatic N) is 1. The molecule has 2 unspecified atom stereocenters. The largest absolute Gasteiger partial charge is 0.357 e. The van der Waals surface area contributed by atoms with Crippen LogP contribution in [0.2, 0.25) is 0 Å². The molecule has 1 saturated heterocycles. The van der Waals surface area contributed by atoms with Crippen molar-refractivity contribution in [2.24, 2.45) is 0 Å². The number of ketones is 1. The third kappa shape index (κ3) is 2.64. The van der Waals surface area contributed by atoms with E-state index in [2.05, 4.69) is 41.3 Å². The molecule has 3 heteroatoms. The van der Waals surface area contributed by atoms with E-state index in [1.165, 1.54) is 16.5 Å². The lowest BCUT2D eigenvalue weighted by molar-refractivity contribution is 0.0215. The molecule has 2 atom stereocenters. The number of fused-ring (bicyclic) bond motifs is 4. The van der Waals surface area contributed by atoms with Crippen molar-refractivity contribution in [3.63, 3.8) is 0 Å². The Labute approximate surface area is 153 Å². The Morgan fingerprint density at radius 1 is 1.00 bits per heavy atom. The van der Waals surface area contributed by atoms with Crippen molar-refractivity contribution in [3.8, 4) is 0 Å². The molecule has 2 aliphatic rings. The van der Waals surface area contributed by atoms with Crippen LogP contribution in [0.15, 0.2) is 66.7 Å². The molecule has 0 radical (unpaired) electrons. The molecule has 3 nitrogen and oxygen atoms in total. The Morgan fingerprint density at radius 2 is 1.81 bits per heavy atom. The van der Waals surface area contributed by atoms with Gasteiger partial charge in [-0.15, -0.1) is 0 Å². The second-order valence-corrected chi connectivity index (χ2v) is 7.22. The summed E-state index contributed by atoms with van der Waals surface area (Å²) in [6.07, 6.45) is 1.54. The van der Waals surface area contributed by atoms with Crippen molar-refractivity contribution in [2.45, 2.75) is 25.1 Å². The zero-order valence-electron chi connectivity index (χ0n) is 14.6. The molecule has 1 fully saturated rings. The van der Waals surface area contributed by atoms with Crippen LogP contribution in [-0.2, 0) is 11.2 Å². The van der Waals surface area contributed by atoms with Crippen LogP contribution in [0.5, 0.6) is 0 Å². The van der Waals surface area contributed by atoms with Gasteiger partial charge in [0.05, 0.1) is 6.61 Å². The summed E-state index contributed by atoms with van der Waals surface area (Å²) in [6, 6.07) is 22.8. The van der Waals surface area contributed by atoms with E-state index < -0.39 is 0 Å². The van der Waals surface area contributed by atoms with E-state index in [4.69, 9.17) is 4.74 Å². The lowest BCUT2D eigenvalue weighted by Gasteiger charge is -2.33. The summed E-state index contributed by atoms with van der Waals surface area (Å²) in [5.74, 6) is 0.198. The van der Waals surface area contributed by atoms with Gasteiger partial charge in [0.25, 0.3) is 0 Å². The fourth-order valence-electron chi connectivity index (χ4n) is 4.28. The molecule has 26 heavy (non-hydrogen) atoms. The summed E-state index contributed by atoms with van der Waals surface area (Å²) in [5.41, 5.74) is 3.43. The van der Waals surface area contributed by atoms with Crippen LogP contribution < -0.4 is 0 Å². The van der Waals surface area contributed by atoms with Crippen molar-refractivity contribution in [1.82, 2.24) is 4.90 Å². The Kier molecular flexibility index (Phi) is 3.84. The zero-order valence-corrected chi connectivity index (χ0v) is 14.6. The van der Waals surface area contributed by atoms with Crippen LogP contribution in [0, 0.1) is 0 Å². The average Bonchev–Trinajstić information content (AvgIpc) is 3.11. The van der Waals surface area contributed by atoms with Gasteiger partial charge >= 0.3 is 0 Å². The summed E-state index contributed by atoms with van der Waals surface area (Å²) >= 11 is 0. The van der Waals surface area contributed by atoms with E-state index >= 15 is 0 Å². The molecule has 3 aromatic rings. The van der Waals surface area contributed by atoms with Gasteiger partial charge in [-0.2, -0.15) is 0 Å². The van der Waals surface area contributed by atoms with Gasteiger partial charge in [0.1, 0.15) is 6.23 Å². The lowest BCUT2D eigenvalue weighted by Crippen LogP contribution is -2.39. The third-order valence-electron chi connectivity index (χ3n) is 5.67. The summed E-state index contributed by atoms with van der Waals surface area (Å²) in [7, 11) is 0. The normalized spacial score (nSPS) is 22.2. The van der Waals surface area contributed by atoms with Crippen LogP contribution in [0.4, 0.5) is 0 Å². The number of rotatable bonds is 3. The van der Waals surface area contributed by atoms with Gasteiger partial charge in [-0.25, -0.2) is 0 Å². The molecule has 0 saturated carbocycles. The minimum Gasteiger partial charge on any atom is -0.357 e. The van der Waals surface area contributed by atoms with E-state index in [0.717, 1.165) is 23.9 Å². The first-order valence-electron chi connectivity index (χ1n) is 9.27. The number of hydrogen-bond acceptors (Lipinski definition) is 3. The monoisotopic (exact) mass is 343 g/mol. The van der Waals surface area contributed by atoms with E-state index in [-0.39, 0.29) is 18.1 Å². The zero-order chi connectivity index (χ0) is 17.5. The topological polar surface area (TPSA) is 29.5 Å². The molecular formula is C23H21NO2. The molecule has 0 aromatic heterocycles. The van der Waals surface area contributed by atoms with Crippen LogP contribution in [0.3, 0.4) is 0 Å². The predicted molar refractivity (Wildman–Crippen MR) is 102 cm³/mol. The first-order chi connectivity index (χ1) is 12.8. The first kappa shape index (κ1) is 15.7.